The van der Waals surface area contributed by atoms with Crippen molar-refractivity contribution in [3.05, 3.63) is 17.0 Å². The molecule has 0 radical (unpaired) electrons. The normalized spacial score (nSPS) is 19.0. The van der Waals surface area contributed by atoms with Gasteiger partial charge in [-0.05, 0) is 50.2 Å². The van der Waals surface area contributed by atoms with Crippen LogP contribution in [0.1, 0.15) is 36.0 Å². The second-order valence-electron chi connectivity index (χ2n) is 6.41. The van der Waals surface area contributed by atoms with E-state index in [-0.39, 0.29) is 24.3 Å². The maximum atomic E-state index is 12.1. The first kappa shape index (κ1) is 16.9. The zero-order valence-corrected chi connectivity index (χ0v) is 14.2. The molecule has 0 spiro atoms. The Morgan fingerprint density at radius 2 is 1.92 bits per heavy atom. The highest BCUT2D eigenvalue weighted by Gasteiger charge is 2.30. The van der Waals surface area contributed by atoms with E-state index in [1.165, 1.54) is 11.3 Å². The fourth-order valence-corrected chi connectivity index (χ4v) is 3.68. The first-order valence-corrected chi connectivity index (χ1v) is 9.11. The molecule has 3 amide bonds. The maximum Gasteiger partial charge on any atom is 0.251 e. The number of nitrogens with one attached hydrogen (secondary N) is 2. The van der Waals surface area contributed by atoms with Crippen molar-refractivity contribution in [2.24, 2.45) is 11.7 Å². The third-order valence-corrected chi connectivity index (χ3v) is 5.26. The molecule has 0 unspecified atom stereocenters. The van der Waals surface area contributed by atoms with Crippen molar-refractivity contribution < 1.29 is 14.4 Å². The van der Waals surface area contributed by atoms with Crippen LogP contribution < -0.4 is 16.4 Å². The Hall–Kier alpha value is -1.93. The molecule has 1 aromatic rings. The molecule has 7 nitrogen and oxygen atoms in total. The van der Waals surface area contributed by atoms with Gasteiger partial charge in [-0.1, -0.05) is 0 Å². The minimum Gasteiger partial charge on any atom is -0.366 e. The molecule has 0 atom stereocenters. The minimum absolute atomic E-state index is 0.0590. The highest BCUT2D eigenvalue weighted by atomic mass is 32.1. The SMILES string of the molecule is NC(=O)c1ccsc1NC(=O)CN1CCC(C(=O)NC2CC2)CC1. The van der Waals surface area contributed by atoms with E-state index in [0.717, 1.165) is 38.8 Å². The number of hydrogen-bond acceptors (Lipinski definition) is 5. The fraction of sp³-hybridized carbons (Fsp3) is 0.562. The van der Waals surface area contributed by atoms with Gasteiger partial charge >= 0.3 is 0 Å². The molecule has 130 valence electrons. The Morgan fingerprint density at radius 1 is 1.21 bits per heavy atom. The van der Waals surface area contributed by atoms with Gasteiger partial charge in [-0.15, -0.1) is 11.3 Å². The number of thiophene rings is 1. The van der Waals surface area contributed by atoms with Crippen molar-refractivity contribution in [1.29, 1.82) is 0 Å². The van der Waals surface area contributed by atoms with Gasteiger partial charge in [0.15, 0.2) is 0 Å². The van der Waals surface area contributed by atoms with Crippen molar-refractivity contribution in [2.75, 3.05) is 25.0 Å². The number of primary amides is 1. The van der Waals surface area contributed by atoms with E-state index < -0.39 is 5.91 Å². The van der Waals surface area contributed by atoms with Crippen LogP contribution in [0.25, 0.3) is 0 Å². The zero-order valence-electron chi connectivity index (χ0n) is 13.4. The molecule has 4 N–H and O–H groups in total. The highest BCUT2D eigenvalue weighted by Crippen LogP contribution is 2.24. The lowest BCUT2D eigenvalue weighted by Gasteiger charge is -2.30. The third kappa shape index (κ3) is 4.33. The van der Waals surface area contributed by atoms with Gasteiger partial charge in [-0.2, -0.15) is 0 Å². The van der Waals surface area contributed by atoms with Gasteiger partial charge in [0.1, 0.15) is 5.00 Å². The predicted octanol–water partition coefficient (Wildman–Crippen LogP) is 0.776. The van der Waals surface area contributed by atoms with Crippen LogP contribution in [0.5, 0.6) is 0 Å². The number of nitrogens with zero attached hydrogens (tertiary/aromatic N) is 1. The molecule has 2 heterocycles. The highest BCUT2D eigenvalue weighted by molar-refractivity contribution is 7.14. The third-order valence-electron chi connectivity index (χ3n) is 4.43. The van der Waals surface area contributed by atoms with Crippen LogP contribution in [0, 0.1) is 5.92 Å². The second-order valence-corrected chi connectivity index (χ2v) is 7.33. The standard InChI is InChI=1S/C16H22N4O3S/c17-14(22)12-5-8-24-16(12)19-13(21)9-20-6-3-10(4-7-20)15(23)18-11-1-2-11/h5,8,10-11H,1-4,6-7,9H2,(H2,17,22)(H,18,23)(H,19,21). The van der Waals surface area contributed by atoms with Crippen LogP contribution in [0.15, 0.2) is 11.4 Å². The molecule has 0 aromatic carbocycles. The molecule has 8 heteroatoms. The van der Waals surface area contributed by atoms with Crippen LogP contribution >= 0.6 is 11.3 Å². The lowest BCUT2D eigenvalue weighted by atomic mass is 9.96. The number of rotatable bonds is 6. The summed E-state index contributed by atoms with van der Waals surface area (Å²) in [7, 11) is 0. The summed E-state index contributed by atoms with van der Waals surface area (Å²) in [6.07, 6.45) is 3.75. The number of anilines is 1. The first-order chi connectivity index (χ1) is 11.5. The summed E-state index contributed by atoms with van der Waals surface area (Å²) in [6.45, 7) is 1.71. The van der Waals surface area contributed by atoms with Gasteiger partial charge in [0.25, 0.3) is 5.91 Å². The molecule has 2 aliphatic rings. The van der Waals surface area contributed by atoms with Crippen LogP contribution in [0.2, 0.25) is 0 Å². The molecule has 24 heavy (non-hydrogen) atoms. The van der Waals surface area contributed by atoms with Gasteiger partial charge in [-0.25, -0.2) is 0 Å². The van der Waals surface area contributed by atoms with Crippen LogP contribution in [0.3, 0.4) is 0 Å². The summed E-state index contributed by atoms with van der Waals surface area (Å²) in [4.78, 5) is 37.5. The molecule has 1 aromatic heterocycles. The van der Waals surface area contributed by atoms with Crippen molar-refractivity contribution in [3.8, 4) is 0 Å². The van der Waals surface area contributed by atoms with E-state index in [2.05, 4.69) is 10.6 Å². The van der Waals surface area contributed by atoms with Gasteiger partial charge in [0.2, 0.25) is 11.8 Å². The summed E-state index contributed by atoms with van der Waals surface area (Å²) in [5.74, 6) is -0.496. The number of nitrogens with two attached hydrogens (primary N) is 1. The van der Waals surface area contributed by atoms with Crippen molar-refractivity contribution in [1.82, 2.24) is 10.2 Å². The van der Waals surface area contributed by atoms with E-state index in [0.29, 0.717) is 16.6 Å². The first-order valence-electron chi connectivity index (χ1n) is 8.23. The molecule has 1 aliphatic carbocycles. The smallest absolute Gasteiger partial charge is 0.251 e. The Kier molecular flexibility index (Phi) is 5.15. The maximum absolute atomic E-state index is 12.1. The lowest BCUT2D eigenvalue weighted by molar-refractivity contribution is -0.126. The fourth-order valence-electron chi connectivity index (χ4n) is 2.87. The summed E-state index contributed by atoms with van der Waals surface area (Å²) >= 11 is 1.28. The van der Waals surface area contributed by atoms with Crippen molar-refractivity contribution >= 4 is 34.1 Å². The van der Waals surface area contributed by atoms with Gasteiger partial charge in [-0.3, -0.25) is 19.3 Å². The van der Waals surface area contributed by atoms with Gasteiger partial charge < -0.3 is 16.4 Å². The second kappa shape index (κ2) is 7.31. The molecular formula is C16H22N4O3S. The Bertz CT molecular complexity index is 633. The average Bonchev–Trinajstić information content (AvgIpc) is 3.23. The lowest BCUT2D eigenvalue weighted by Crippen LogP contribution is -2.43. The predicted molar refractivity (Wildman–Crippen MR) is 91.8 cm³/mol. The Morgan fingerprint density at radius 3 is 2.54 bits per heavy atom. The van der Waals surface area contributed by atoms with Crippen LogP contribution in [-0.4, -0.2) is 48.3 Å². The van der Waals surface area contributed by atoms with Gasteiger partial charge in [0, 0.05) is 12.0 Å². The molecular weight excluding hydrogens is 328 g/mol. The Balaban J connectivity index is 1.43. The largest absolute Gasteiger partial charge is 0.366 e. The van der Waals surface area contributed by atoms with E-state index in [9.17, 15) is 14.4 Å². The van der Waals surface area contributed by atoms with Gasteiger partial charge in [0.05, 0.1) is 12.1 Å². The molecule has 1 saturated carbocycles. The van der Waals surface area contributed by atoms with Crippen molar-refractivity contribution in [2.45, 2.75) is 31.7 Å². The summed E-state index contributed by atoms with van der Waals surface area (Å²) in [5.41, 5.74) is 5.61. The molecule has 1 saturated heterocycles. The summed E-state index contributed by atoms with van der Waals surface area (Å²) in [6, 6.07) is 2.00. The monoisotopic (exact) mass is 350 g/mol. The van der Waals surface area contributed by atoms with Crippen molar-refractivity contribution in [3.63, 3.8) is 0 Å². The number of likely N-dealkylation sites (tertiary alicyclic amines) is 1. The summed E-state index contributed by atoms with van der Waals surface area (Å²) < 4.78 is 0. The van der Waals surface area contributed by atoms with E-state index in [1.54, 1.807) is 11.4 Å². The van der Waals surface area contributed by atoms with E-state index in [1.807, 2.05) is 4.90 Å². The molecule has 3 rings (SSSR count). The van der Waals surface area contributed by atoms with E-state index in [4.69, 9.17) is 5.73 Å². The van der Waals surface area contributed by atoms with E-state index >= 15 is 0 Å². The molecule has 1 aliphatic heterocycles. The number of piperidine rings is 1. The number of carbonyl (C=O) groups excluding carboxylic acids is 3. The quantitative estimate of drug-likeness (QED) is 0.705. The number of carbonyl (C=O) groups is 3. The van der Waals surface area contributed by atoms with Crippen LogP contribution in [0.4, 0.5) is 5.00 Å². The van der Waals surface area contributed by atoms with Crippen LogP contribution in [-0.2, 0) is 9.59 Å². The summed E-state index contributed by atoms with van der Waals surface area (Å²) in [5, 5.41) is 8.01. The topological polar surface area (TPSA) is 105 Å². The average molecular weight is 350 g/mol. The molecule has 0 bridgehead atoms. The number of hydrogen-bond donors (Lipinski definition) is 3. The zero-order chi connectivity index (χ0) is 17.1. The molecule has 2 fully saturated rings. The Labute approximate surface area is 144 Å². The minimum atomic E-state index is -0.547. The number of amides is 3.